The van der Waals surface area contributed by atoms with Gasteiger partial charge in [-0.15, -0.1) is 0 Å². The van der Waals surface area contributed by atoms with E-state index in [1.54, 1.807) is 37.3 Å². The largest absolute Gasteiger partial charge is 0.497 e. The molecule has 1 saturated heterocycles. The maximum absolute atomic E-state index is 12.8. The summed E-state index contributed by atoms with van der Waals surface area (Å²) in [5, 5.41) is 2.93. The van der Waals surface area contributed by atoms with Gasteiger partial charge in [0.25, 0.3) is 0 Å². The third kappa shape index (κ3) is 3.94. The maximum atomic E-state index is 12.8. The van der Waals surface area contributed by atoms with Crippen LogP contribution in [0.2, 0.25) is 0 Å². The van der Waals surface area contributed by atoms with E-state index < -0.39 is 5.66 Å². The smallest absolute Gasteiger partial charge is 0.321 e. The molecule has 0 bridgehead atoms. The number of hydrogen-bond donors (Lipinski definition) is 1. The van der Waals surface area contributed by atoms with Gasteiger partial charge in [-0.3, -0.25) is 9.98 Å². The molecule has 29 heavy (non-hydrogen) atoms. The van der Waals surface area contributed by atoms with Crippen molar-refractivity contribution in [3.8, 4) is 11.5 Å². The molecule has 1 fully saturated rings. The summed E-state index contributed by atoms with van der Waals surface area (Å²) in [6, 6.07) is 15.2. The molecular formula is C22H24N4O3. The van der Waals surface area contributed by atoms with Crippen molar-refractivity contribution in [3.05, 3.63) is 54.1 Å². The van der Waals surface area contributed by atoms with Crippen molar-refractivity contribution in [1.29, 1.82) is 0 Å². The summed E-state index contributed by atoms with van der Waals surface area (Å²) in [5.74, 6) is 1.24. The Morgan fingerprint density at radius 2 is 1.83 bits per heavy atom. The van der Waals surface area contributed by atoms with E-state index in [2.05, 4.69) is 10.3 Å². The molecule has 7 heteroatoms. The highest BCUT2D eigenvalue weighted by Gasteiger charge is 2.37. The van der Waals surface area contributed by atoms with E-state index in [0.717, 1.165) is 11.3 Å². The number of methoxy groups -OCH3 is 2. The van der Waals surface area contributed by atoms with Gasteiger partial charge in [-0.2, -0.15) is 0 Å². The number of anilines is 1. The molecule has 1 N–H and O–H groups in total. The van der Waals surface area contributed by atoms with Gasteiger partial charge >= 0.3 is 6.03 Å². The van der Waals surface area contributed by atoms with E-state index in [1.807, 2.05) is 36.5 Å². The zero-order chi connectivity index (χ0) is 20.3. The first-order chi connectivity index (χ1) is 14.1. The minimum Gasteiger partial charge on any atom is -0.497 e. The number of urea groups is 1. The Morgan fingerprint density at radius 1 is 1.07 bits per heavy atom. The SMILES string of the molecule is COc1ccc(OC)c(NC(=O)N2CCC3(CC2)N=CC(c2ccccc2)=N3)c1. The highest BCUT2D eigenvalue weighted by Crippen LogP contribution is 2.33. The van der Waals surface area contributed by atoms with Crippen molar-refractivity contribution in [2.75, 3.05) is 32.6 Å². The van der Waals surface area contributed by atoms with E-state index in [4.69, 9.17) is 14.5 Å². The van der Waals surface area contributed by atoms with Crippen LogP contribution in [-0.4, -0.2) is 55.8 Å². The quantitative estimate of drug-likeness (QED) is 0.864. The molecule has 7 nitrogen and oxygen atoms in total. The summed E-state index contributed by atoms with van der Waals surface area (Å²) in [6.07, 6.45) is 3.25. The fourth-order valence-electron chi connectivity index (χ4n) is 3.63. The molecule has 2 heterocycles. The Hall–Kier alpha value is -3.35. The summed E-state index contributed by atoms with van der Waals surface area (Å²) >= 11 is 0. The van der Waals surface area contributed by atoms with Crippen LogP contribution in [0.5, 0.6) is 11.5 Å². The number of piperidine rings is 1. The van der Waals surface area contributed by atoms with Crippen molar-refractivity contribution < 1.29 is 14.3 Å². The molecule has 0 unspecified atom stereocenters. The second-order valence-electron chi connectivity index (χ2n) is 7.09. The van der Waals surface area contributed by atoms with E-state index in [9.17, 15) is 4.79 Å². The highest BCUT2D eigenvalue weighted by molar-refractivity contribution is 6.39. The van der Waals surface area contributed by atoms with Crippen LogP contribution in [0.4, 0.5) is 10.5 Å². The topological polar surface area (TPSA) is 75.5 Å². The zero-order valence-corrected chi connectivity index (χ0v) is 16.6. The lowest BCUT2D eigenvalue weighted by Crippen LogP contribution is -2.46. The monoisotopic (exact) mass is 392 g/mol. The fourth-order valence-corrected chi connectivity index (χ4v) is 3.63. The number of likely N-dealkylation sites (tertiary alicyclic amines) is 1. The average Bonchev–Trinajstić information content (AvgIpc) is 3.18. The fraction of sp³-hybridized carbons (Fsp3) is 0.318. The number of benzene rings is 2. The summed E-state index contributed by atoms with van der Waals surface area (Å²) in [5.41, 5.74) is 2.11. The molecule has 150 valence electrons. The highest BCUT2D eigenvalue weighted by atomic mass is 16.5. The van der Waals surface area contributed by atoms with Crippen molar-refractivity contribution in [1.82, 2.24) is 4.90 Å². The van der Waals surface area contributed by atoms with Gasteiger partial charge < -0.3 is 19.7 Å². The van der Waals surface area contributed by atoms with Gasteiger partial charge in [0.05, 0.1) is 31.8 Å². The number of nitrogens with one attached hydrogen (secondary N) is 1. The van der Waals surface area contributed by atoms with Crippen LogP contribution in [0.1, 0.15) is 18.4 Å². The van der Waals surface area contributed by atoms with Gasteiger partial charge in [0.15, 0.2) is 5.66 Å². The van der Waals surface area contributed by atoms with Crippen LogP contribution >= 0.6 is 0 Å². The van der Waals surface area contributed by atoms with Crippen LogP contribution in [0, 0.1) is 0 Å². The number of rotatable bonds is 4. The predicted octanol–water partition coefficient (Wildman–Crippen LogP) is 3.60. The minimum absolute atomic E-state index is 0.166. The van der Waals surface area contributed by atoms with Crippen molar-refractivity contribution in [2.45, 2.75) is 18.5 Å². The Labute approximate surface area is 170 Å². The van der Waals surface area contributed by atoms with Gasteiger partial charge in [0.1, 0.15) is 11.5 Å². The second-order valence-corrected chi connectivity index (χ2v) is 7.09. The molecule has 2 aromatic rings. The predicted molar refractivity (Wildman–Crippen MR) is 114 cm³/mol. The van der Waals surface area contributed by atoms with E-state index in [-0.39, 0.29) is 6.03 Å². The molecule has 0 saturated carbocycles. The van der Waals surface area contributed by atoms with Gasteiger partial charge in [-0.25, -0.2) is 4.79 Å². The summed E-state index contributed by atoms with van der Waals surface area (Å²) in [7, 11) is 3.16. The zero-order valence-electron chi connectivity index (χ0n) is 16.6. The van der Waals surface area contributed by atoms with Crippen LogP contribution in [0.3, 0.4) is 0 Å². The lowest BCUT2D eigenvalue weighted by molar-refractivity contribution is 0.175. The molecule has 2 aliphatic heterocycles. The summed E-state index contributed by atoms with van der Waals surface area (Å²) in [6.45, 7) is 1.17. The van der Waals surface area contributed by atoms with Gasteiger partial charge in [0, 0.05) is 37.6 Å². The molecule has 2 amide bonds. The Bertz CT molecular complexity index is 948. The Kier molecular flexibility index (Phi) is 5.20. The number of nitrogens with zero attached hydrogens (tertiary/aromatic N) is 3. The number of carbonyl (C=O) groups is 1. The first-order valence-corrected chi connectivity index (χ1v) is 9.61. The van der Waals surface area contributed by atoms with E-state index in [1.165, 1.54) is 0 Å². The van der Waals surface area contributed by atoms with E-state index >= 15 is 0 Å². The number of hydrogen-bond acceptors (Lipinski definition) is 5. The number of carbonyl (C=O) groups excluding carboxylic acids is 1. The van der Waals surface area contributed by atoms with Gasteiger partial charge in [0.2, 0.25) is 0 Å². The molecule has 2 aromatic carbocycles. The molecule has 0 aliphatic carbocycles. The standard InChI is InChI=1S/C22H24N4O3/c1-28-17-8-9-20(29-2)18(14-17)24-21(27)26-12-10-22(11-13-26)23-15-19(25-22)16-6-4-3-5-7-16/h3-9,14-15H,10-13H2,1-2H3,(H,24,27). The molecule has 0 radical (unpaired) electrons. The lowest BCUT2D eigenvalue weighted by atomic mass is 9.98. The lowest BCUT2D eigenvalue weighted by Gasteiger charge is -2.35. The van der Waals surface area contributed by atoms with Crippen molar-refractivity contribution in [3.63, 3.8) is 0 Å². The normalized spacial score (nSPS) is 17.2. The van der Waals surface area contributed by atoms with Gasteiger partial charge in [-0.05, 0) is 12.1 Å². The summed E-state index contributed by atoms with van der Waals surface area (Å²) < 4.78 is 10.6. The molecule has 0 aromatic heterocycles. The molecule has 1 spiro atoms. The number of ether oxygens (including phenoxy) is 2. The summed E-state index contributed by atoms with van der Waals surface area (Å²) in [4.78, 5) is 24.1. The first-order valence-electron chi connectivity index (χ1n) is 9.61. The van der Waals surface area contributed by atoms with Crippen LogP contribution in [0.25, 0.3) is 0 Å². The number of amides is 2. The third-order valence-corrected chi connectivity index (χ3v) is 5.32. The Balaban J connectivity index is 1.41. The van der Waals surface area contributed by atoms with E-state index in [0.29, 0.717) is 43.1 Å². The third-order valence-electron chi connectivity index (χ3n) is 5.32. The van der Waals surface area contributed by atoms with Crippen molar-refractivity contribution in [2.24, 2.45) is 9.98 Å². The van der Waals surface area contributed by atoms with Crippen LogP contribution in [0.15, 0.2) is 58.5 Å². The number of aliphatic imine (C=N–C) groups is 2. The minimum atomic E-state index is -0.449. The van der Waals surface area contributed by atoms with Gasteiger partial charge in [-0.1, -0.05) is 30.3 Å². The molecule has 4 rings (SSSR count). The molecular weight excluding hydrogens is 368 g/mol. The second kappa shape index (κ2) is 7.95. The molecule has 2 aliphatic rings. The molecule has 0 atom stereocenters. The van der Waals surface area contributed by atoms with Crippen molar-refractivity contribution >= 4 is 23.6 Å². The van der Waals surface area contributed by atoms with Crippen LogP contribution in [-0.2, 0) is 0 Å². The van der Waals surface area contributed by atoms with Crippen LogP contribution < -0.4 is 14.8 Å². The maximum Gasteiger partial charge on any atom is 0.321 e. The average molecular weight is 392 g/mol. The Morgan fingerprint density at radius 3 is 2.52 bits per heavy atom. The first kappa shape index (κ1) is 19.0.